The van der Waals surface area contributed by atoms with Gasteiger partial charge in [0.1, 0.15) is 41.4 Å². The monoisotopic (exact) mass is 805 g/mol. The lowest BCUT2D eigenvalue weighted by Gasteiger charge is -2.38. The first-order chi connectivity index (χ1) is 28.5. The Morgan fingerprint density at radius 3 is 2.27 bits per heavy atom. The van der Waals surface area contributed by atoms with E-state index in [0.717, 1.165) is 48.5 Å². The Hall–Kier alpha value is -6.00. The Labute approximate surface area is 339 Å². The summed E-state index contributed by atoms with van der Waals surface area (Å²) in [5, 5.41) is 45.5. The Morgan fingerprint density at radius 1 is 0.864 bits per heavy atom. The summed E-state index contributed by atoms with van der Waals surface area (Å²) in [7, 11) is 0. The lowest BCUT2D eigenvalue weighted by molar-refractivity contribution is -0.0271. The number of nitrogens with one attached hydrogen (secondary N) is 1. The van der Waals surface area contributed by atoms with E-state index in [1.165, 1.54) is 29.5 Å². The minimum absolute atomic E-state index is 0.0229. The average Bonchev–Trinajstić information content (AvgIpc) is 3.90. The van der Waals surface area contributed by atoms with Crippen LogP contribution >= 0.6 is 0 Å². The van der Waals surface area contributed by atoms with Gasteiger partial charge in [0, 0.05) is 68.6 Å². The van der Waals surface area contributed by atoms with Crippen LogP contribution in [0.4, 0.5) is 8.78 Å². The van der Waals surface area contributed by atoms with Gasteiger partial charge in [0.2, 0.25) is 0 Å². The smallest absolute Gasteiger partial charge is 0.274 e. The molecule has 1 unspecified atom stereocenters. The molecule has 1 amide bonds. The summed E-state index contributed by atoms with van der Waals surface area (Å²) < 4.78 is 41.7. The van der Waals surface area contributed by atoms with Crippen LogP contribution in [-0.4, -0.2) is 103 Å². The number of aryl methyl sites for hydroxylation is 1. The zero-order valence-electron chi connectivity index (χ0n) is 32.5. The van der Waals surface area contributed by atoms with Crippen molar-refractivity contribution in [2.24, 2.45) is 0 Å². The van der Waals surface area contributed by atoms with Crippen LogP contribution in [0.3, 0.4) is 0 Å². The van der Waals surface area contributed by atoms with Crippen LogP contribution in [0, 0.1) is 18.6 Å². The van der Waals surface area contributed by atoms with Crippen LogP contribution in [0.1, 0.15) is 40.0 Å². The van der Waals surface area contributed by atoms with Gasteiger partial charge < -0.3 is 29.9 Å². The molecule has 4 heterocycles. The number of nitrogens with zero attached hydrogens (tertiary/aromatic N) is 6. The number of hydrogen-bond acceptors (Lipinski definition) is 11. The minimum atomic E-state index is -1.76. The highest BCUT2D eigenvalue weighted by Crippen LogP contribution is 2.44. The molecule has 2 saturated heterocycles. The number of phenols is 2. The van der Waals surface area contributed by atoms with E-state index in [1.807, 2.05) is 60.4 Å². The number of amides is 1. The van der Waals surface area contributed by atoms with Crippen molar-refractivity contribution >= 4 is 5.91 Å². The topological polar surface area (TPSA) is 162 Å². The summed E-state index contributed by atoms with van der Waals surface area (Å²) in [5.41, 5.74) is 2.82. The second kappa shape index (κ2) is 17.1. The molecule has 2 fully saturated rings. The molecule has 0 radical (unpaired) electrons. The molecule has 0 spiro atoms. The van der Waals surface area contributed by atoms with Gasteiger partial charge in [0.15, 0.2) is 11.5 Å². The second-order valence-corrected chi connectivity index (χ2v) is 15.3. The number of likely N-dealkylation sites (tertiary alicyclic amines) is 1. The summed E-state index contributed by atoms with van der Waals surface area (Å²) in [5.74, 6) is -2.29. The van der Waals surface area contributed by atoms with E-state index in [-0.39, 0.29) is 53.2 Å². The first-order valence-electron chi connectivity index (χ1n) is 19.6. The predicted octanol–water partition coefficient (Wildman–Crippen LogP) is 5.88. The standard InChI is InChI=1S/C44H45F2N7O6/c1-28-2-6-30(7-3-28)34-21-35(39(55)22-38(34)54)42-40(31-8-4-29(5-9-31)23-51-16-18-58-19-17-51)41(50-59-42)43(56)49-33-12-14-52(15-13-33)24-44(57,25-53-27-47-26-48-53)36-11-10-32(45)20-37(36)46/h2-11,20-22,26-27,33,54-55,57H,12-19,23-25H2,1H3,(H,49,56). The molecule has 306 valence electrons. The second-order valence-electron chi connectivity index (χ2n) is 15.3. The van der Waals surface area contributed by atoms with Gasteiger partial charge in [0.05, 0.1) is 30.9 Å². The fourth-order valence-corrected chi connectivity index (χ4v) is 7.94. The fraction of sp³-hybridized carbons (Fsp3) is 0.318. The van der Waals surface area contributed by atoms with Crippen LogP contribution in [-0.2, 0) is 23.4 Å². The number of aromatic hydroxyl groups is 2. The molecule has 2 aromatic heterocycles. The number of halogens is 2. The number of carbonyl (C=O) groups is 1. The lowest BCUT2D eigenvalue weighted by atomic mass is 9.91. The van der Waals surface area contributed by atoms with Crippen molar-refractivity contribution < 1.29 is 38.2 Å². The van der Waals surface area contributed by atoms with Crippen molar-refractivity contribution in [2.45, 2.75) is 44.5 Å². The minimum Gasteiger partial charge on any atom is -0.507 e. The molecular formula is C44H45F2N7O6. The maximum atomic E-state index is 15.1. The Balaban J connectivity index is 1.04. The average molecular weight is 806 g/mol. The van der Waals surface area contributed by atoms with Crippen molar-refractivity contribution in [3.05, 3.63) is 126 Å². The Morgan fingerprint density at radius 2 is 1.58 bits per heavy atom. The zero-order valence-corrected chi connectivity index (χ0v) is 32.5. The third-order valence-electron chi connectivity index (χ3n) is 11.1. The lowest BCUT2D eigenvalue weighted by Crippen LogP contribution is -2.50. The first-order valence-corrected chi connectivity index (χ1v) is 19.6. The Bertz CT molecular complexity index is 2390. The number of phenolic OH excluding ortho intramolecular Hbond substituents is 2. The van der Waals surface area contributed by atoms with Crippen molar-refractivity contribution in [1.29, 1.82) is 0 Å². The van der Waals surface area contributed by atoms with E-state index in [2.05, 4.69) is 25.5 Å². The normalized spacial score (nSPS) is 16.5. The molecule has 1 atom stereocenters. The number of aliphatic hydroxyl groups is 1. The number of morpholine rings is 1. The first kappa shape index (κ1) is 39.8. The molecule has 4 aromatic carbocycles. The molecule has 6 aromatic rings. The van der Waals surface area contributed by atoms with Crippen molar-refractivity contribution in [3.8, 4) is 45.1 Å². The highest BCUT2D eigenvalue weighted by atomic mass is 19.1. The summed E-state index contributed by atoms with van der Waals surface area (Å²) in [6.45, 7) is 6.57. The van der Waals surface area contributed by atoms with Gasteiger partial charge in [-0.25, -0.2) is 18.4 Å². The number of benzene rings is 4. The molecule has 15 heteroatoms. The third-order valence-corrected chi connectivity index (χ3v) is 11.1. The molecule has 0 aliphatic carbocycles. The molecule has 13 nitrogen and oxygen atoms in total. The zero-order chi connectivity index (χ0) is 41.1. The van der Waals surface area contributed by atoms with Gasteiger partial charge in [-0.2, -0.15) is 5.10 Å². The summed E-state index contributed by atoms with van der Waals surface area (Å²) in [4.78, 5) is 22.4. The molecule has 0 saturated carbocycles. The molecule has 0 bridgehead atoms. The molecule has 8 rings (SSSR count). The fourth-order valence-electron chi connectivity index (χ4n) is 7.94. The van der Waals surface area contributed by atoms with Gasteiger partial charge in [-0.1, -0.05) is 65.3 Å². The SMILES string of the molecule is Cc1ccc(-c2cc(-c3onc(C(=O)NC4CCN(CC(O)(Cn5cncn5)c5ccc(F)cc5F)CC4)c3-c3ccc(CN4CCOCC4)cc3)c(O)cc2O)cc1. The Kier molecular flexibility index (Phi) is 11.5. The number of β-amino-alcohol motifs (C(OH)–C–C–N with tert-alkyl or cyclic N) is 1. The van der Waals surface area contributed by atoms with E-state index in [4.69, 9.17) is 9.26 Å². The van der Waals surface area contributed by atoms with E-state index in [0.29, 0.717) is 55.8 Å². The van der Waals surface area contributed by atoms with E-state index in [1.54, 1.807) is 6.07 Å². The highest BCUT2D eigenvalue weighted by molar-refractivity contribution is 6.03. The summed E-state index contributed by atoms with van der Waals surface area (Å²) in [6.07, 6.45) is 3.75. The van der Waals surface area contributed by atoms with Gasteiger partial charge >= 0.3 is 0 Å². The molecule has 2 aliphatic rings. The van der Waals surface area contributed by atoms with E-state index >= 15 is 4.39 Å². The third kappa shape index (κ3) is 8.88. The number of hydrogen-bond donors (Lipinski definition) is 4. The van der Waals surface area contributed by atoms with Gasteiger partial charge in [-0.15, -0.1) is 0 Å². The number of piperidine rings is 1. The van der Waals surface area contributed by atoms with Crippen LogP contribution < -0.4 is 5.32 Å². The number of carbonyl (C=O) groups excluding carboxylic acids is 1. The largest absolute Gasteiger partial charge is 0.507 e. The van der Waals surface area contributed by atoms with Crippen LogP contribution in [0.15, 0.2) is 96.0 Å². The van der Waals surface area contributed by atoms with Crippen molar-refractivity contribution in [1.82, 2.24) is 35.0 Å². The summed E-state index contributed by atoms with van der Waals surface area (Å²) >= 11 is 0. The van der Waals surface area contributed by atoms with E-state index < -0.39 is 23.1 Å². The quantitative estimate of drug-likeness (QED) is 0.117. The van der Waals surface area contributed by atoms with Crippen LogP contribution in [0.2, 0.25) is 0 Å². The van der Waals surface area contributed by atoms with Gasteiger partial charge in [0.25, 0.3) is 5.91 Å². The van der Waals surface area contributed by atoms with Crippen molar-refractivity contribution in [3.63, 3.8) is 0 Å². The van der Waals surface area contributed by atoms with Gasteiger partial charge in [-0.05, 0) is 48.6 Å². The highest BCUT2D eigenvalue weighted by Gasteiger charge is 2.37. The molecular weight excluding hydrogens is 761 g/mol. The number of ether oxygens (including phenoxy) is 1. The number of aromatic nitrogens is 4. The molecule has 59 heavy (non-hydrogen) atoms. The number of rotatable bonds is 12. The maximum absolute atomic E-state index is 15.1. The molecule has 2 aliphatic heterocycles. The van der Waals surface area contributed by atoms with Crippen LogP contribution in [0.5, 0.6) is 11.5 Å². The van der Waals surface area contributed by atoms with Crippen molar-refractivity contribution in [2.75, 3.05) is 45.9 Å². The van der Waals surface area contributed by atoms with E-state index in [9.17, 15) is 24.5 Å². The predicted molar refractivity (Wildman–Crippen MR) is 214 cm³/mol. The van der Waals surface area contributed by atoms with Gasteiger partial charge in [-0.3, -0.25) is 14.6 Å². The van der Waals surface area contributed by atoms with Crippen LogP contribution in [0.25, 0.3) is 33.6 Å². The molecule has 4 N–H and O–H groups in total. The summed E-state index contributed by atoms with van der Waals surface area (Å²) in [6, 6.07) is 21.1. The maximum Gasteiger partial charge on any atom is 0.274 e.